The van der Waals surface area contributed by atoms with Gasteiger partial charge in [0.05, 0.1) is 32.8 Å². The van der Waals surface area contributed by atoms with E-state index in [1.807, 2.05) is 44.2 Å². The summed E-state index contributed by atoms with van der Waals surface area (Å²) in [5.74, 6) is -2.24. The zero-order valence-corrected chi connectivity index (χ0v) is 28.7. The molecule has 3 aromatic rings. The maximum atomic E-state index is 15.4. The number of hydrogen-bond acceptors (Lipinski definition) is 9. The highest BCUT2D eigenvalue weighted by Gasteiger charge is 2.78. The first-order valence-corrected chi connectivity index (χ1v) is 16.7. The van der Waals surface area contributed by atoms with Crippen molar-refractivity contribution in [1.82, 2.24) is 10.2 Å². The molecule has 1 saturated carbocycles. The van der Waals surface area contributed by atoms with E-state index >= 15 is 4.79 Å². The third-order valence-electron chi connectivity index (χ3n) is 10.4. The Morgan fingerprint density at radius 1 is 1.00 bits per heavy atom. The van der Waals surface area contributed by atoms with Crippen LogP contribution in [0.5, 0.6) is 23.0 Å². The smallest absolute Gasteiger partial charge is 0.303 e. The highest BCUT2D eigenvalue weighted by molar-refractivity contribution is 5.86. The van der Waals surface area contributed by atoms with Crippen LogP contribution in [0.3, 0.4) is 0 Å². The van der Waals surface area contributed by atoms with E-state index in [0.29, 0.717) is 48.4 Å². The summed E-state index contributed by atoms with van der Waals surface area (Å²) in [5, 5.41) is 16.6. The lowest BCUT2D eigenvalue weighted by Gasteiger charge is -2.46. The van der Waals surface area contributed by atoms with Gasteiger partial charge in [0.1, 0.15) is 29.2 Å². The van der Waals surface area contributed by atoms with Gasteiger partial charge in [-0.2, -0.15) is 0 Å². The molecule has 11 heteroatoms. The number of nitrogens with one attached hydrogen (secondary N) is 1. The van der Waals surface area contributed by atoms with Gasteiger partial charge in [0, 0.05) is 43.0 Å². The molecule has 1 aliphatic carbocycles. The van der Waals surface area contributed by atoms with Crippen LogP contribution < -0.4 is 24.3 Å². The number of methoxy groups -OCH3 is 3. The van der Waals surface area contributed by atoms with Crippen molar-refractivity contribution in [3.05, 3.63) is 83.4 Å². The zero-order chi connectivity index (χ0) is 35.1. The standard InChI is InChI=1S/C38H44N2O9/c1-7-22(2)34(42)39-30-14-11-19-40(30)35(43)33-31(24-12-9-8-10-13-24)38(25-15-17-26(45-4)18-16-25)36(48-23(3)41)37(33,44)32-28(47-6)20-27(46-5)21-29(32)49-38/h8-10,12-13,15-18,20-22,30-31,33,36,44H,7,11,14,19H2,1-6H3,(H,39,42). The minimum atomic E-state index is -2.18. The topological polar surface area (TPSA) is 133 Å². The maximum absolute atomic E-state index is 15.4. The first-order chi connectivity index (χ1) is 23.5. The summed E-state index contributed by atoms with van der Waals surface area (Å²) < 4.78 is 30.2. The molecule has 7 atom stereocenters. The number of hydrogen-bond donors (Lipinski definition) is 2. The largest absolute Gasteiger partial charge is 0.497 e. The first kappa shape index (κ1) is 34.1. The van der Waals surface area contributed by atoms with Gasteiger partial charge in [-0.05, 0) is 37.0 Å². The number of carbonyl (C=O) groups excluding carboxylic acids is 3. The number of benzene rings is 3. The molecular formula is C38H44N2O9. The van der Waals surface area contributed by atoms with E-state index < -0.39 is 47.2 Å². The predicted molar refractivity (Wildman–Crippen MR) is 179 cm³/mol. The van der Waals surface area contributed by atoms with Crippen molar-refractivity contribution in [1.29, 1.82) is 0 Å². The Hall–Kier alpha value is -4.77. The van der Waals surface area contributed by atoms with Gasteiger partial charge in [0.25, 0.3) is 0 Å². The van der Waals surface area contributed by atoms with E-state index in [4.69, 9.17) is 23.7 Å². The molecule has 6 rings (SSSR count). The fourth-order valence-corrected chi connectivity index (χ4v) is 7.93. The van der Waals surface area contributed by atoms with Crippen molar-refractivity contribution in [3.63, 3.8) is 0 Å². The van der Waals surface area contributed by atoms with E-state index in [0.717, 1.165) is 0 Å². The van der Waals surface area contributed by atoms with E-state index in [9.17, 15) is 14.7 Å². The summed E-state index contributed by atoms with van der Waals surface area (Å²) >= 11 is 0. The van der Waals surface area contributed by atoms with E-state index in [2.05, 4.69) is 5.32 Å². The van der Waals surface area contributed by atoms with Gasteiger partial charge in [-0.25, -0.2) is 0 Å². The Morgan fingerprint density at radius 2 is 1.69 bits per heavy atom. The van der Waals surface area contributed by atoms with Crippen molar-refractivity contribution >= 4 is 17.8 Å². The molecule has 2 aliphatic heterocycles. The van der Waals surface area contributed by atoms with Gasteiger partial charge < -0.3 is 39.0 Å². The van der Waals surface area contributed by atoms with Crippen molar-refractivity contribution in [2.45, 2.75) is 69.4 Å². The van der Waals surface area contributed by atoms with Crippen LogP contribution in [-0.4, -0.2) is 67.9 Å². The molecule has 0 aromatic heterocycles. The summed E-state index contributed by atoms with van der Waals surface area (Å²) in [6.45, 7) is 5.41. The third kappa shape index (κ3) is 5.44. The Bertz CT molecular complexity index is 1710. The molecule has 2 fully saturated rings. The second kappa shape index (κ2) is 13.3. The highest BCUT2D eigenvalue weighted by atomic mass is 16.6. The van der Waals surface area contributed by atoms with Gasteiger partial charge in [-0.1, -0.05) is 56.3 Å². The van der Waals surface area contributed by atoms with Crippen LogP contribution >= 0.6 is 0 Å². The summed E-state index contributed by atoms with van der Waals surface area (Å²) in [4.78, 5) is 43.2. The van der Waals surface area contributed by atoms with Crippen molar-refractivity contribution in [3.8, 4) is 23.0 Å². The Balaban J connectivity index is 1.66. The molecule has 0 radical (unpaired) electrons. The van der Waals surface area contributed by atoms with Crippen LogP contribution in [0.25, 0.3) is 0 Å². The molecule has 11 nitrogen and oxygen atoms in total. The second-order valence-corrected chi connectivity index (χ2v) is 13.0. The Labute approximate surface area is 286 Å². The number of nitrogens with zero attached hydrogens (tertiary/aromatic N) is 1. The predicted octanol–water partition coefficient (Wildman–Crippen LogP) is 4.64. The molecule has 260 valence electrons. The fraction of sp³-hybridized carbons (Fsp3) is 0.447. The minimum Gasteiger partial charge on any atom is -0.497 e. The number of rotatable bonds is 10. The van der Waals surface area contributed by atoms with E-state index in [1.165, 1.54) is 21.1 Å². The molecular weight excluding hydrogens is 628 g/mol. The van der Waals surface area contributed by atoms with Crippen LogP contribution in [-0.2, 0) is 30.3 Å². The number of aliphatic hydroxyl groups is 1. The molecule has 3 aromatic carbocycles. The molecule has 2 amide bonds. The summed E-state index contributed by atoms with van der Waals surface area (Å²) in [7, 11) is 4.52. The molecule has 49 heavy (non-hydrogen) atoms. The van der Waals surface area contributed by atoms with Gasteiger partial charge in [0.2, 0.25) is 11.8 Å². The van der Waals surface area contributed by atoms with Crippen LogP contribution in [0.1, 0.15) is 62.6 Å². The number of carbonyl (C=O) groups is 3. The normalized spacial score (nSPS) is 27.4. The minimum absolute atomic E-state index is 0.148. The average Bonchev–Trinajstić information content (AvgIpc) is 3.63. The molecule has 2 bridgehead atoms. The van der Waals surface area contributed by atoms with Gasteiger partial charge >= 0.3 is 5.97 Å². The number of amides is 2. The lowest BCUT2D eigenvalue weighted by Crippen LogP contribution is -2.57. The summed E-state index contributed by atoms with van der Waals surface area (Å²) in [6, 6.07) is 19.7. The van der Waals surface area contributed by atoms with E-state index in [1.54, 1.807) is 48.4 Å². The zero-order valence-electron chi connectivity index (χ0n) is 28.7. The molecule has 0 spiro atoms. The van der Waals surface area contributed by atoms with Crippen LogP contribution in [0.4, 0.5) is 0 Å². The first-order valence-electron chi connectivity index (χ1n) is 16.7. The average molecular weight is 673 g/mol. The summed E-state index contributed by atoms with van der Waals surface area (Å²) in [5.41, 5.74) is -2.40. The number of fused-ring (bicyclic) bond motifs is 4. The van der Waals surface area contributed by atoms with Crippen molar-refractivity contribution in [2.24, 2.45) is 11.8 Å². The monoisotopic (exact) mass is 672 g/mol. The van der Waals surface area contributed by atoms with Crippen molar-refractivity contribution < 1.29 is 43.2 Å². The number of ether oxygens (including phenoxy) is 5. The second-order valence-electron chi connectivity index (χ2n) is 13.0. The van der Waals surface area contributed by atoms with Crippen LogP contribution in [0, 0.1) is 11.8 Å². The lowest BCUT2D eigenvalue weighted by molar-refractivity contribution is -0.196. The van der Waals surface area contributed by atoms with Crippen LogP contribution in [0.15, 0.2) is 66.7 Å². The Kier molecular flexibility index (Phi) is 9.23. The van der Waals surface area contributed by atoms with E-state index in [-0.39, 0.29) is 28.9 Å². The molecule has 1 saturated heterocycles. The quantitative estimate of drug-likeness (QED) is 0.296. The van der Waals surface area contributed by atoms with Crippen LogP contribution in [0.2, 0.25) is 0 Å². The summed E-state index contributed by atoms with van der Waals surface area (Å²) in [6.07, 6.45) is -0.147. The molecule has 2 heterocycles. The number of likely N-dealkylation sites (tertiary alicyclic amines) is 1. The lowest BCUT2D eigenvalue weighted by atomic mass is 9.75. The van der Waals surface area contributed by atoms with Gasteiger partial charge in [-0.3, -0.25) is 14.4 Å². The van der Waals surface area contributed by atoms with Gasteiger partial charge in [0.15, 0.2) is 17.3 Å². The molecule has 3 aliphatic rings. The molecule has 7 unspecified atom stereocenters. The maximum Gasteiger partial charge on any atom is 0.303 e. The Morgan fingerprint density at radius 3 is 2.31 bits per heavy atom. The van der Waals surface area contributed by atoms with Gasteiger partial charge in [-0.15, -0.1) is 0 Å². The molecule has 2 N–H and O–H groups in total. The highest BCUT2D eigenvalue weighted by Crippen LogP contribution is 2.69. The van der Waals surface area contributed by atoms with Crippen molar-refractivity contribution in [2.75, 3.05) is 27.9 Å². The SMILES string of the molecule is CCC(C)C(=O)NC1CCCN1C(=O)C1C(c2ccccc2)C2(c3ccc(OC)cc3)Oc3cc(OC)cc(OC)c3C1(O)C2OC(C)=O. The number of esters is 1. The fourth-order valence-electron chi connectivity index (χ4n) is 7.93. The third-order valence-corrected chi connectivity index (χ3v) is 10.4.